The zero-order valence-corrected chi connectivity index (χ0v) is 20.3. The first kappa shape index (κ1) is 24.4. The number of carboxylic acid groups (broad SMARTS) is 2. The maximum Gasteiger partial charge on any atom is 0.335 e. The van der Waals surface area contributed by atoms with Crippen molar-refractivity contribution in [3.63, 3.8) is 0 Å². The number of hydrogen-bond donors (Lipinski definition) is 2. The molecule has 40 heavy (non-hydrogen) atoms. The highest BCUT2D eigenvalue weighted by Crippen LogP contribution is 2.33. The fraction of sp³-hybridized carbons (Fsp3) is 0. The number of rotatable bonds is 5. The predicted octanol–water partition coefficient (Wildman–Crippen LogP) is 4.35. The number of amides is 4. The monoisotopic (exact) mass is 532 g/mol. The van der Waals surface area contributed by atoms with Crippen molar-refractivity contribution in [3.05, 3.63) is 118 Å². The molecule has 2 heterocycles. The van der Waals surface area contributed by atoms with Crippen molar-refractivity contribution in [3.8, 4) is 11.1 Å². The number of aromatic carboxylic acids is 2. The Balaban J connectivity index is 1.23. The van der Waals surface area contributed by atoms with E-state index in [0.29, 0.717) is 11.4 Å². The third-order valence-corrected chi connectivity index (χ3v) is 6.85. The molecule has 0 saturated heterocycles. The molecule has 194 valence electrons. The number of nitrogens with zero attached hydrogens (tertiary/aromatic N) is 2. The van der Waals surface area contributed by atoms with Gasteiger partial charge in [0.1, 0.15) is 0 Å². The summed E-state index contributed by atoms with van der Waals surface area (Å²) >= 11 is 0. The van der Waals surface area contributed by atoms with Gasteiger partial charge in [0.25, 0.3) is 23.6 Å². The van der Waals surface area contributed by atoms with Crippen molar-refractivity contribution in [2.24, 2.45) is 0 Å². The number of carbonyl (C=O) groups excluding carboxylic acids is 4. The first-order valence-electron chi connectivity index (χ1n) is 11.9. The van der Waals surface area contributed by atoms with Gasteiger partial charge in [0, 0.05) is 0 Å². The van der Waals surface area contributed by atoms with E-state index >= 15 is 0 Å². The Kier molecular flexibility index (Phi) is 5.40. The van der Waals surface area contributed by atoms with Crippen LogP contribution in [0.1, 0.15) is 62.1 Å². The Labute approximate surface area is 225 Å². The molecule has 0 atom stereocenters. The van der Waals surface area contributed by atoms with Gasteiger partial charge in [0.05, 0.1) is 44.8 Å². The largest absolute Gasteiger partial charge is 0.478 e. The molecule has 0 aliphatic carbocycles. The molecule has 4 aromatic rings. The van der Waals surface area contributed by atoms with Gasteiger partial charge < -0.3 is 10.2 Å². The summed E-state index contributed by atoms with van der Waals surface area (Å²) in [5.74, 6) is -4.73. The lowest BCUT2D eigenvalue weighted by molar-refractivity contribution is 0.0686. The minimum absolute atomic E-state index is 0.0249. The molecule has 0 radical (unpaired) electrons. The molecule has 10 nitrogen and oxygen atoms in total. The molecule has 0 saturated carbocycles. The minimum Gasteiger partial charge on any atom is -0.478 e. The predicted molar refractivity (Wildman–Crippen MR) is 141 cm³/mol. The van der Waals surface area contributed by atoms with Crippen LogP contribution in [0.2, 0.25) is 0 Å². The average Bonchev–Trinajstić information content (AvgIpc) is 3.36. The summed E-state index contributed by atoms with van der Waals surface area (Å²) in [6.07, 6.45) is 0. The zero-order valence-electron chi connectivity index (χ0n) is 20.3. The molecule has 4 aromatic carbocycles. The van der Waals surface area contributed by atoms with E-state index < -0.39 is 35.6 Å². The van der Waals surface area contributed by atoms with Crippen molar-refractivity contribution in [1.29, 1.82) is 0 Å². The maximum absolute atomic E-state index is 12.9. The molecule has 6 rings (SSSR count). The van der Waals surface area contributed by atoms with Crippen LogP contribution in [0.3, 0.4) is 0 Å². The summed E-state index contributed by atoms with van der Waals surface area (Å²) in [4.78, 5) is 76.0. The van der Waals surface area contributed by atoms with Gasteiger partial charge in [-0.25, -0.2) is 19.4 Å². The number of carboxylic acids is 2. The van der Waals surface area contributed by atoms with Gasteiger partial charge in [-0.05, 0) is 71.8 Å². The number of carbonyl (C=O) groups is 6. The molecular weight excluding hydrogens is 516 g/mol. The van der Waals surface area contributed by atoms with Crippen LogP contribution < -0.4 is 9.80 Å². The summed E-state index contributed by atoms with van der Waals surface area (Å²) < 4.78 is 0. The highest BCUT2D eigenvalue weighted by molar-refractivity contribution is 6.35. The average molecular weight is 532 g/mol. The molecule has 4 amide bonds. The maximum atomic E-state index is 12.9. The molecule has 0 bridgehead atoms. The van der Waals surface area contributed by atoms with Crippen molar-refractivity contribution in [2.75, 3.05) is 9.80 Å². The Morgan fingerprint density at radius 2 is 0.775 bits per heavy atom. The molecule has 2 aliphatic rings. The highest BCUT2D eigenvalue weighted by Gasteiger charge is 2.38. The van der Waals surface area contributed by atoms with Gasteiger partial charge in [-0.1, -0.05) is 24.3 Å². The normalized spacial score (nSPS) is 14.0. The fourth-order valence-electron chi connectivity index (χ4n) is 4.82. The van der Waals surface area contributed by atoms with E-state index in [9.17, 15) is 39.0 Å². The number of benzene rings is 4. The van der Waals surface area contributed by atoms with Crippen molar-refractivity contribution >= 4 is 46.9 Å². The van der Waals surface area contributed by atoms with E-state index in [1.807, 2.05) is 0 Å². The Hall–Kier alpha value is -5.90. The molecule has 0 aromatic heterocycles. The quantitative estimate of drug-likeness (QED) is 0.360. The summed E-state index contributed by atoms with van der Waals surface area (Å²) in [5.41, 5.74) is 2.21. The van der Waals surface area contributed by atoms with Gasteiger partial charge in [-0.2, -0.15) is 0 Å². The Morgan fingerprint density at radius 3 is 1.10 bits per heavy atom. The van der Waals surface area contributed by atoms with E-state index in [1.165, 1.54) is 36.4 Å². The lowest BCUT2D eigenvalue weighted by Crippen LogP contribution is -2.29. The first-order chi connectivity index (χ1) is 19.2. The smallest absolute Gasteiger partial charge is 0.335 e. The zero-order chi connectivity index (χ0) is 28.3. The SMILES string of the molecule is O=C(O)c1ccc2c(c1)C(=O)N(c1ccc(-c3ccc(N4C(=O)c5ccc(C(=O)O)cc5C4=O)cc3)cc1)C2=O. The standard InChI is InChI=1S/C30H16N2O8/c33-25-21-11-5-17(29(37)38)13-23(21)27(35)31(25)19-7-1-15(2-8-19)16-3-9-20(10-4-16)32-26(34)22-12-6-18(30(39)40)14-24(22)28(32)36/h1-14H,(H,37,38)(H,39,40). The van der Waals surface area contributed by atoms with Crippen molar-refractivity contribution < 1.29 is 39.0 Å². The second-order valence-electron chi connectivity index (χ2n) is 9.12. The van der Waals surface area contributed by atoms with E-state index in [4.69, 9.17) is 0 Å². The fourth-order valence-corrected chi connectivity index (χ4v) is 4.82. The van der Waals surface area contributed by atoms with Gasteiger partial charge in [-0.3, -0.25) is 19.2 Å². The van der Waals surface area contributed by atoms with Crippen LogP contribution in [0.5, 0.6) is 0 Å². The van der Waals surface area contributed by atoms with E-state index in [0.717, 1.165) is 20.9 Å². The number of anilines is 2. The second kappa shape index (κ2) is 8.84. The second-order valence-corrected chi connectivity index (χ2v) is 9.12. The first-order valence-corrected chi connectivity index (χ1v) is 11.9. The lowest BCUT2D eigenvalue weighted by atomic mass is 10.0. The van der Waals surface area contributed by atoms with Crippen LogP contribution in [0.25, 0.3) is 11.1 Å². The molecule has 2 aliphatic heterocycles. The molecule has 0 spiro atoms. The highest BCUT2D eigenvalue weighted by atomic mass is 16.4. The van der Waals surface area contributed by atoms with Gasteiger partial charge in [0.2, 0.25) is 0 Å². The van der Waals surface area contributed by atoms with Crippen LogP contribution in [-0.4, -0.2) is 45.8 Å². The van der Waals surface area contributed by atoms with Crippen LogP contribution in [0.15, 0.2) is 84.9 Å². The summed E-state index contributed by atoms with van der Waals surface area (Å²) in [5, 5.41) is 18.4. The van der Waals surface area contributed by atoms with Gasteiger partial charge >= 0.3 is 11.9 Å². The molecule has 0 fully saturated rings. The van der Waals surface area contributed by atoms with Crippen LogP contribution in [-0.2, 0) is 0 Å². The lowest BCUT2D eigenvalue weighted by Gasteiger charge is -2.16. The molecule has 10 heteroatoms. The topological polar surface area (TPSA) is 149 Å². The van der Waals surface area contributed by atoms with Crippen LogP contribution >= 0.6 is 0 Å². The third-order valence-electron chi connectivity index (χ3n) is 6.85. The van der Waals surface area contributed by atoms with Gasteiger partial charge in [-0.15, -0.1) is 0 Å². The molecule has 0 unspecified atom stereocenters. The number of hydrogen-bond acceptors (Lipinski definition) is 6. The Morgan fingerprint density at radius 1 is 0.450 bits per heavy atom. The van der Waals surface area contributed by atoms with E-state index in [1.54, 1.807) is 48.5 Å². The van der Waals surface area contributed by atoms with Crippen LogP contribution in [0, 0.1) is 0 Å². The van der Waals surface area contributed by atoms with E-state index in [-0.39, 0.29) is 33.4 Å². The molecule has 2 N–H and O–H groups in total. The Bertz CT molecular complexity index is 1690. The van der Waals surface area contributed by atoms with E-state index in [2.05, 4.69) is 0 Å². The van der Waals surface area contributed by atoms with Crippen molar-refractivity contribution in [1.82, 2.24) is 0 Å². The molecular formula is C30H16N2O8. The summed E-state index contributed by atoms with van der Waals surface area (Å²) in [6, 6.07) is 20.7. The minimum atomic E-state index is -1.20. The number of fused-ring (bicyclic) bond motifs is 2. The summed E-state index contributed by atoms with van der Waals surface area (Å²) in [7, 11) is 0. The number of imide groups is 2. The van der Waals surface area contributed by atoms with Crippen LogP contribution in [0.4, 0.5) is 11.4 Å². The van der Waals surface area contributed by atoms with Crippen molar-refractivity contribution in [2.45, 2.75) is 0 Å². The summed E-state index contributed by atoms with van der Waals surface area (Å²) in [6.45, 7) is 0. The van der Waals surface area contributed by atoms with Gasteiger partial charge in [0.15, 0.2) is 0 Å². The third kappa shape index (κ3) is 3.66.